The highest BCUT2D eigenvalue weighted by Crippen LogP contribution is 2.59. The number of thioether (sulfide) groups is 1. The van der Waals surface area contributed by atoms with E-state index in [1.165, 1.54) is 0 Å². The van der Waals surface area contributed by atoms with E-state index in [-0.39, 0.29) is 11.3 Å². The van der Waals surface area contributed by atoms with Gasteiger partial charge in [0.1, 0.15) is 5.76 Å². The molecule has 3 nitrogen and oxygen atoms in total. The van der Waals surface area contributed by atoms with Crippen LogP contribution in [0.15, 0.2) is 22.8 Å². The largest absolute Gasteiger partial charge is 0.481 e. The summed E-state index contributed by atoms with van der Waals surface area (Å²) in [6.45, 7) is 4.06. The Bertz CT molecular complexity index is 370. The SMILES string of the molecule is CC1(C)[C@H](C(=O)O)[C@@H]1CSCc1ccco1. The molecular weight excluding hydrogens is 224 g/mol. The fourth-order valence-electron chi connectivity index (χ4n) is 2.23. The Kier molecular flexibility index (Phi) is 3.02. The zero-order valence-corrected chi connectivity index (χ0v) is 10.3. The number of rotatable bonds is 5. The maximum Gasteiger partial charge on any atom is 0.307 e. The summed E-state index contributed by atoms with van der Waals surface area (Å²) in [7, 11) is 0. The molecule has 16 heavy (non-hydrogen) atoms. The van der Waals surface area contributed by atoms with Crippen LogP contribution >= 0.6 is 11.8 Å². The van der Waals surface area contributed by atoms with Crippen molar-refractivity contribution in [3.8, 4) is 0 Å². The molecule has 0 saturated heterocycles. The van der Waals surface area contributed by atoms with Gasteiger partial charge in [0, 0.05) is 0 Å². The highest BCUT2D eigenvalue weighted by atomic mass is 32.2. The Morgan fingerprint density at radius 3 is 2.88 bits per heavy atom. The van der Waals surface area contributed by atoms with E-state index in [1.54, 1.807) is 18.0 Å². The summed E-state index contributed by atoms with van der Waals surface area (Å²) in [5.74, 6) is 2.14. The number of aliphatic carboxylic acids is 1. The summed E-state index contributed by atoms with van der Waals surface area (Å²) < 4.78 is 5.22. The number of carboxylic acids is 1. The quantitative estimate of drug-likeness (QED) is 0.859. The fourth-order valence-corrected chi connectivity index (χ4v) is 3.59. The predicted octanol–water partition coefficient (Wildman–Crippen LogP) is 2.87. The lowest BCUT2D eigenvalue weighted by Gasteiger charge is -2.01. The molecule has 88 valence electrons. The second-order valence-corrected chi connectivity index (χ2v) is 5.87. The van der Waals surface area contributed by atoms with Gasteiger partial charge >= 0.3 is 5.97 Å². The molecule has 1 saturated carbocycles. The van der Waals surface area contributed by atoms with Crippen molar-refractivity contribution >= 4 is 17.7 Å². The van der Waals surface area contributed by atoms with Gasteiger partial charge in [-0.1, -0.05) is 13.8 Å². The number of hydrogen-bond donors (Lipinski definition) is 1. The Labute approximate surface area is 99.2 Å². The molecule has 4 heteroatoms. The van der Waals surface area contributed by atoms with Crippen LogP contribution in [0.1, 0.15) is 19.6 Å². The summed E-state index contributed by atoms with van der Waals surface area (Å²) >= 11 is 1.75. The molecule has 1 fully saturated rings. The molecule has 0 unspecified atom stereocenters. The van der Waals surface area contributed by atoms with Gasteiger partial charge in [0.25, 0.3) is 0 Å². The minimum atomic E-state index is -0.659. The highest BCUT2D eigenvalue weighted by Gasteiger charge is 2.61. The summed E-state index contributed by atoms with van der Waals surface area (Å²) in [5.41, 5.74) is -0.0397. The summed E-state index contributed by atoms with van der Waals surface area (Å²) in [6.07, 6.45) is 1.66. The van der Waals surface area contributed by atoms with Crippen LogP contribution in [-0.2, 0) is 10.5 Å². The number of carbonyl (C=O) groups is 1. The van der Waals surface area contributed by atoms with Gasteiger partial charge in [-0.2, -0.15) is 11.8 Å². The summed E-state index contributed by atoms with van der Waals surface area (Å²) in [6, 6.07) is 3.82. The van der Waals surface area contributed by atoms with Crippen molar-refractivity contribution in [2.75, 3.05) is 5.75 Å². The van der Waals surface area contributed by atoms with Gasteiger partial charge in [0.2, 0.25) is 0 Å². The zero-order chi connectivity index (χ0) is 11.8. The monoisotopic (exact) mass is 240 g/mol. The first-order valence-electron chi connectivity index (χ1n) is 5.36. The summed E-state index contributed by atoms with van der Waals surface area (Å²) in [4.78, 5) is 11.0. The molecule has 0 amide bonds. The van der Waals surface area contributed by atoms with Crippen molar-refractivity contribution in [3.63, 3.8) is 0 Å². The van der Waals surface area contributed by atoms with Crippen molar-refractivity contribution in [1.82, 2.24) is 0 Å². The van der Waals surface area contributed by atoms with Gasteiger partial charge in [-0.15, -0.1) is 0 Å². The molecule has 2 rings (SSSR count). The summed E-state index contributed by atoms with van der Waals surface area (Å²) in [5, 5.41) is 9.01. The normalized spacial score (nSPS) is 26.6. The number of furan rings is 1. The molecule has 0 aromatic carbocycles. The second kappa shape index (κ2) is 4.17. The highest BCUT2D eigenvalue weighted by molar-refractivity contribution is 7.98. The first-order valence-corrected chi connectivity index (χ1v) is 6.52. The van der Waals surface area contributed by atoms with E-state index < -0.39 is 5.97 Å². The molecule has 0 radical (unpaired) electrons. The van der Waals surface area contributed by atoms with Crippen LogP contribution in [0.5, 0.6) is 0 Å². The maximum atomic E-state index is 11.0. The van der Waals surface area contributed by atoms with E-state index in [9.17, 15) is 4.79 Å². The van der Waals surface area contributed by atoms with Gasteiger partial charge in [-0.05, 0) is 29.2 Å². The van der Waals surface area contributed by atoms with Crippen LogP contribution in [0.25, 0.3) is 0 Å². The maximum absolute atomic E-state index is 11.0. The molecule has 0 aliphatic heterocycles. The lowest BCUT2D eigenvalue weighted by molar-refractivity contribution is -0.139. The standard InChI is InChI=1S/C12H16O3S/c1-12(2)9(10(12)11(13)14)7-16-6-8-4-3-5-15-8/h3-5,9-10H,6-7H2,1-2H3,(H,13,14)/t9-,10-/m0/s1. The van der Waals surface area contributed by atoms with E-state index in [0.717, 1.165) is 17.3 Å². The Hall–Kier alpha value is -0.900. The lowest BCUT2D eigenvalue weighted by Crippen LogP contribution is -2.03. The van der Waals surface area contributed by atoms with Crippen molar-refractivity contribution in [3.05, 3.63) is 24.2 Å². The van der Waals surface area contributed by atoms with Crippen LogP contribution < -0.4 is 0 Å². The molecule has 1 heterocycles. The van der Waals surface area contributed by atoms with Crippen LogP contribution in [0.4, 0.5) is 0 Å². The first kappa shape index (κ1) is 11.6. The molecule has 1 aliphatic carbocycles. The Morgan fingerprint density at radius 2 is 2.38 bits per heavy atom. The van der Waals surface area contributed by atoms with Gasteiger partial charge in [0.15, 0.2) is 0 Å². The second-order valence-electron chi connectivity index (χ2n) is 4.84. The third kappa shape index (κ3) is 2.12. The van der Waals surface area contributed by atoms with Gasteiger partial charge < -0.3 is 9.52 Å². The Balaban J connectivity index is 1.78. The molecule has 1 aliphatic rings. The van der Waals surface area contributed by atoms with E-state index >= 15 is 0 Å². The number of hydrogen-bond acceptors (Lipinski definition) is 3. The molecule has 0 bridgehead atoms. The number of carboxylic acid groups (broad SMARTS) is 1. The minimum absolute atomic E-state index is 0.0397. The smallest absolute Gasteiger partial charge is 0.307 e. The van der Waals surface area contributed by atoms with Crippen molar-refractivity contribution in [2.24, 2.45) is 17.3 Å². The lowest BCUT2D eigenvalue weighted by atomic mass is 10.1. The molecular formula is C12H16O3S. The molecule has 1 aromatic heterocycles. The fraction of sp³-hybridized carbons (Fsp3) is 0.583. The molecule has 2 atom stereocenters. The van der Waals surface area contributed by atoms with E-state index in [2.05, 4.69) is 0 Å². The molecule has 0 spiro atoms. The third-order valence-electron chi connectivity index (χ3n) is 3.44. The van der Waals surface area contributed by atoms with Crippen molar-refractivity contribution in [1.29, 1.82) is 0 Å². The van der Waals surface area contributed by atoms with Crippen LogP contribution in [0, 0.1) is 17.3 Å². The van der Waals surface area contributed by atoms with E-state index in [1.807, 2.05) is 26.0 Å². The Morgan fingerprint density at radius 1 is 1.62 bits per heavy atom. The van der Waals surface area contributed by atoms with Crippen LogP contribution in [0.3, 0.4) is 0 Å². The average Bonchev–Trinajstić information content (AvgIpc) is 2.62. The van der Waals surface area contributed by atoms with Crippen molar-refractivity contribution in [2.45, 2.75) is 19.6 Å². The topological polar surface area (TPSA) is 50.4 Å². The third-order valence-corrected chi connectivity index (χ3v) is 4.52. The van der Waals surface area contributed by atoms with E-state index in [0.29, 0.717) is 5.92 Å². The molecule has 1 aromatic rings. The van der Waals surface area contributed by atoms with Gasteiger partial charge in [0.05, 0.1) is 17.9 Å². The predicted molar refractivity (Wildman–Crippen MR) is 63.3 cm³/mol. The van der Waals surface area contributed by atoms with Crippen LogP contribution in [-0.4, -0.2) is 16.8 Å². The van der Waals surface area contributed by atoms with Gasteiger partial charge in [-0.25, -0.2) is 0 Å². The molecule has 1 N–H and O–H groups in total. The van der Waals surface area contributed by atoms with E-state index in [4.69, 9.17) is 9.52 Å². The zero-order valence-electron chi connectivity index (χ0n) is 9.47. The van der Waals surface area contributed by atoms with Crippen LogP contribution in [0.2, 0.25) is 0 Å². The van der Waals surface area contributed by atoms with Crippen molar-refractivity contribution < 1.29 is 14.3 Å². The first-order chi connectivity index (χ1) is 7.53. The minimum Gasteiger partial charge on any atom is -0.481 e. The average molecular weight is 240 g/mol. The van der Waals surface area contributed by atoms with Gasteiger partial charge in [-0.3, -0.25) is 4.79 Å².